The lowest BCUT2D eigenvalue weighted by Gasteiger charge is -2.24. The molecule has 0 saturated heterocycles. The van der Waals surface area contributed by atoms with Gasteiger partial charge in [0.05, 0.1) is 23.4 Å². The molecule has 0 atom stereocenters. The van der Waals surface area contributed by atoms with Crippen LogP contribution in [0.15, 0.2) is 59.8 Å². The Bertz CT molecular complexity index is 1360. The van der Waals surface area contributed by atoms with Gasteiger partial charge < -0.3 is 9.84 Å². The number of fused-ring (bicyclic) bond motifs is 2. The zero-order valence-electron chi connectivity index (χ0n) is 17.7. The zero-order chi connectivity index (χ0) is 22.9. The Morgan fingerprint density at radius 2 is 1.91 bits per heavy atom. The molecule has 8 heteroatoms. The number of benzene rings is 2. The van der Waals surface area contributed by atoms with Gasteiger partial charge in [-0.25, -0.2) is 13.8 Å². The van der Waals surface area contributed by atoms with E-state index in [1.54, 1.807) is 30.5 Å². The van der Waals surface area contributed by atoms with Gasteiger partial charge in [0, 0.05) is 29.5 Å². The van der Waals surface area contributed by atoms with Crippen LogP contribution in [-0.2, 0) is 18.8 Å². The average molecular weight is 464 g/mol. The number of aromatic nitrogens is 3. The van der Waals surface area contributed by atoms with E-state index in [4.69, 9.17) is 4.74 Å². The van der Waals surface area contributed by atoms with E-state index in [-0.39, 0.29) is 23.8 Å². The summed E-state index contributed by atoms with van der Waals surface area (Å²) in [4.78, 5) is 13.5. The normalized spacial score (nSPS) is 12.1. The van der Waals surface area contributed by atoms with Crippen LogP contribution in [-0.4, -0.2) is 20.1 Å². The van der Waals surface area contributed by atoms with Crippen molar-refractivity contribution in [3.63, 3.8) is 0 Å². The monoisotopic (exact) mass is 463 g/mol. The number of ether oxygens (including phenoxy) is 1. The van der Waals surface area contributed by atoms with E-state index >= 15 is 0 Å². The number of hydrogen-bond acceptors (Lipinski definition) is 6. The van der Waals surface area contributed by atoms with Gasteiger partial charge in [0.25, 0.3) is 0 Å². The quantitative estimate of drug-likeness (QED) is 0.270. The summed E-state index contributed by atoms with van der Waals surface area (Å²) in [6.07, 6.45) is 2.07. The van der Waals surface area contributed by atoms with Gasteiger partial charge in [-0.1, -0.05) is 24.3 Å². The van der Waals surface area contributed by atoms with Crippen LogP contribution in [0.3, 0.4) is 0 Å². The van der Waals surface area contributed by atoms with Crippen molar-refractivity contribution >= 4 is 11.8 Å². The maximum Gasteiger partial charge on any atom is 0.227 e. The van der Waals surface area contributed by atoms with Gasteiger partial charge in [0.1, 0.15) is 16.7 Å². The summed E-state index contributed by atoms with van der Waals surface area (Å²) in [5.41, 5.74) is 3.97. The van der Waals surface area contributed by atoms with Crippen molar-refractivity contribution in [3.05, 3.63) is 94.3 Å². The van der Waals surface area contributed by atoms with Crippen LogP contribution in [0.4, 0.5) is 8.78 Å². The second kappa shape index (κ2) is 8.88. The third-order valence-electron chi connectivity index (χ3n) is 5.44. The number of thioether (sulfide) groups is 1. The minimum atomic E-state index is -0.435. The number of nitrogens with zero attached hydrogens (tertiary/aromatic N) is 3. The summed E-state index contributed by atoms with van der Waals surface area (Å²) >= 11 is 1.41. The van der Waals surface area contributed by atoms with Crippen LogP contribution >= 0.6 is 11.8 Å². The molecule has 3 heterocycles. The Morgan fingerprint density at radius 1 is 1.06 bits per heavy atom. The molecule has 2 aromatic heterocycles. The molecular weight excluding hydrogens is 444 g/mol. The molecule has 0 aliphatic carbocycles. The first-order valence-electron chi connectivity index (χ1n) is 10.3. The van der Waals surface area contributed by atoms with Crippen LogP contribution in [0, 0.1) is 18.6 Å². The highest BCUT2D eigenvalue weighted by Gasteiger charge is 2.28. The number of pyridine rings is 1. The fourth-order valence-electron chi connectivity index (χ4n) is 3.75. The first kappa shape index (κ1) is 21.5. The number of hydrogen-bond donors (Lipinski definition) is 1. The Labute approximate surface area is 193 Å². The summed E-state index contributed by atoms with van der Waals surface area (Å²) in [5, 5.41) is 10.4. The molecule has 0 amide bonds. The Morgan fingerprint density at radius 3 is 2.70 bits per heavy atom. The minimum absolute atomic E-state index is 0.172. The first-order valence-corrected chi connectivity index (χ1v) is 11.3. The summed E-state index contributed by atoms with van der Waals surface area (Å²) in [7, 11) is 0. The molecule has 0 unspecified atom stereocenters. The van der Waals surface area contributed by atoms with Gasteiger partial charge in [-0.15, -0.1) is 11.8 Å². The number of aliphatic hydroxyl groups excluding tert-OH is 1. The van der Waals surface area contributed by atoms with Gasteiger partial charge in [-0.2, -0.15) is 4.98 Å². The molecule has 33 heavy (non-hydrogen) atoms. The maximum atomic E-state index is 14.5. The minimum Gasteiger partial charge on any atom is -0.436 e. The fourth-order valence-corrected chi connectivity index (χ4v) is 4.72. The van der Waals surface area contributed by atoms with Crippen LogP contribution in [0.25, 0.3) is 11.4 Å². The molecule has 1 aliphatic heterocycles. The largest absolute Gasteiger partial charge is 0.436 e. The van der Waals surface area contributed by atoms with Crippen LogP contribution < -0.4 is 4.74 Å². The van der Waals surface area contributed by atoms with Crippen molar-refractivity contribution < 1.29 is 18.6 Å². The van der Waals surface area contributed by atoms with Crippen molar-refractivity contribution in [3.8, 4) is 23.0 Å². The first-order chi connectivity index (χ1) is 16.0. The standard InChI is InChI=1S/C25H19F2N3O2S/c1-14-22-19(16(12-31)11-28-14)10-20-24(32-22)29-23(18-7-2-3-8-21(18)27)30-25(20)33-13-15-5-4-6-17(26)9-15/h2-9,11,31H,10,12-13H2,1H3. The average Bonchev–Trinajstić information content (AvgIpc) is 2.82. The van der Waals surface area contributed by atoms with E-state index < -0.39 is 5.82 Å². The Hall–Kier alpha value is -3.36. The summed E-state index contributed by atoms with van der Waals surface area (Å²) < 4.78 is 34.3. The fraction of sp³-hybridized carbons (Fsp3) is 0.160. The summed E-state index contributed by atoms with van der Waals surface area (Å²) in [6, 6.07) is 12.7. The molecule has 0 bridgehead atoms. The van der Waals surface area contributed by atoms with Gasteiger partial charge in [0.15, 0.2) is 11.6 Å². The van der Waals surface area contributed by atoms with E-state index in [2.05, 4.69) is 15.0 Å². The molecule has 5 nitrogen and oxygen atoms in total. The van der Waals surface area contributed by atoms with E-state index in [0.29, 0.717) is 40.1 Å². The van der Waals surface area contributed by atoms with Gasteiger partial charge in [0.2, 0.25) is 5.88 Å². The number of halogens is 2. The molecule has 0 saturated carbocycles. The molecule has 0 radical (unpaired) electrons. The number of aliphatic hydroxyl groups is 1. The topological polar surface area (TPSA) is 68.1 Å². The molecule has 166 valence electrons. The molecule has 5 rings (SSSR count). The van der Waals surface area contributed by atoms with E-state index in [1.807, 2.05) is 13.0 Å². The molecule has 1 aliphatic rings. The smallest absolute Gasteiger partial charge is 0.227 e. The van der Waals surface area contributed by atoms with E-state index in [9.17, 15) is 13.9 Å². The van der Waals surface area contributed by atoms with Crippen molar-refractivity contribution in [1.29, 1.82) is 0 Å². The molecule has 0 fully saturated rings. The van der Waals surface area contributed by atoms with Gasteiger partial charge in [-0.05, 0) is 36.8 Å². The van der Waals surface area contributed by atoms with Gasteiger partial charge in [-0.3, -0.25) is 4.98 Å². The third-order valence-corrected chi connectivity index (χ3v) is 6.53. The second-order valence-corrected chi connectivity index (χ2v) is 8.61. The third kappa shape index (κ3) is 4.19. The van der Waals surface area contributed by atoms with E-state index in [0.717, 1.165) is 16.7 Å². The molecule has 2 aromatic carbocycles. The molecule has 0 spiro atoms. The Kier molecular flexibility index (Phi) is 5.78. The molecular formula is C25H19F2N3O2S. The number of rotatable bonds is 5. The highest BCUT2D eigenvalue weighted by Crippen LogP contribution is 2.43. The van der Waals surface area contributed by atoms with Crippen molar-refractivity contribution in [2.75, 3.05) is 0 Å². The van der Waals surface area contributed by atoms with Gasteiger partial charge >= 0.3 is 0 Å². The van der Waals surface area contributed by atoms with Crippen molar-refractivity contribution in [2.24, 2.45) is 0 Å². The molecule has 4 aromatic rings. The SMILES string of the molecule is Cc1ncc(CO)c2c1Oc1nc(-c3ccccc3F)nc(SCc3cccc(F)c3)c1C2. The van der Waals surface area contributed by atoms with Crippen molar-refractivity contribution in [2.45, 2.75) is 30.7 Å². The lowest BCUT2D eigenvalue weighted by atomic mass is 9.99. The lowest BCUT2D eigenvalue weighted by Crippen LogP contribution is -2.13. The van der Waals surface area contributed by atoms with Crippen LogP contribution in [0.2, 0.25) is 0 Å². The lowest BCUT2D eigenvalue weighted by molar-refractivity contribution is 0.278. The molecule has 1 N–H and O–H groups in total. The zero-order valence-corrected chi connectivity index (χ0v) is 18.5. The van der Waals surface area contributed by atoms with E-state index in [1.165, 1.54) is 30.0 Å². The van der Waals surface area contributed by atoms with Crippen LogP contribution in [0.5, 0.6) is 11.6 Å². The summed E-state index contributed by atoms with van der Waals surface area (Å²) in [5.74, 6) is 0.812. The number of aryl methyl sites for hydroxylation is 1. The summed E-state index contributed by atoms with van der Waals surface area (Å²) in [6.45, 7) is 1.65. The Balaban J connectivity index is 1.61. The van der Waals surface area contributed by atoms with Crippen LogP contribution in [0.1, 0.15) is 27.9 Å². The second-order valence-electron chi connectivity index (χ2n) is 7.65. The highest BCUT2D eigenvalue weighted by molar-refractivity contribution is 7.98. The van der Waals surface area contributed by atoms with Crippen molar-refractivity contribution in [1.82, 2.24) is 15.0 Å². The highest BCUT2D eigenvalue weighted by atomic mass is 32.2. The predicted octanol–water partition coefficient (Wildman–Crippen LogP) is 5.61. The maximum absolute atomic E-state index is 14.5. The predicted molar refractivity (Wildman–Crippen MR) is 121 cm³/mol.